The molecule has 0 saturated carbocycles. The van der Waals surface area contributed by atoms with Crippen LogP contribution in [0.25, 0.3) is 16.9 Å². The first-order valence-corrected chi connectivity index (χ1v) is 6.34. The van der Waals surface area contributed by atoms with E-state index in [0.29, 0.717) is 22.5 Å². The maximum Gasteiger partial charge on any atom is 0.258 e. The highest BCUT2D eigenvalue weighted by Gasteiger charge is 2.18. The number of aromatic nitrogens is 4. The van der Waals surface area contributed by atoms with Crippen LogP contribution in [0.3, 0.4) is 0 Å². The molecule has 20 heavy (non-hydrogen) atoms. The van der Waals surface area contributed by atoms with Gasteiger partial charge >= 0.3 is 0 Å². The van der Waals surface area contributed by atoms with E-state index in [1.165, 1.54) is 4.52 Å². The molecule has 0 amide bonds. The third kappa shape index (κ3) is 1.77. The molecule has 0 aliphatic rings. The second-order valence-corrected chi connectivity index (χ2v) is 4.88. The van der Waals surface area contributed by atoms with Gasteiger partial charge in [0.05, 0.1) is 23.0 Å². The molecule has 3 aromatic rings. The second kappa shape index (κ2) is 4.48. The first-order valence-electron chi connectivity index (χ1n) is 6.34. The van der Waals surface area contributed by atoms with Gasteiger partial charge in [-0.2, -0.15) is 9.61 Å². The fourth-order valence-electron chi connectivity index (χ4n) is 2.25. The zero-order chi connectivity index (χ0) is 14.3. The Bertz CT molecular complexity index is 818. The highest BCUT2D eigenvalue weighted by molar-refractivity contribution is 5.74. The average Bonchev–Trinajstić information content (AvgIpc) is 2.83. The molecule has 6 heteroatoms. The largest absolute Gasteiger partial charge is 0.493 e. The van der Waals surface area contributed by atoms with Crippen LogP contribution in [0.2, 0.25) is 0 Å². The van der Waals surface area contributed by atoms with Crippen molar-refractivity contribution in [1.29, 1.82) is 0 Å². The number of fused-ring (bicyclic) bond motifs is 1. The smallest absolute Gasteiger partial charge is 0.258 e. The molecule has 6 nitrogen and oxygen atoms in total. The highest BCUT2D eigenvalue weighted by atomic mass is 16.3. The number of aromatic hydroxyl groups is 1. The van der Waals surface area contributed by atoms with Crippen molar-refractivity contribution in [3.05, 3.63) is 46.5 Å². The van der Waals surface area contributed by atoms with Crippen LogP contribution in [-0.2, 0) is 0 Å². The first kappa shape index (κ1) is 12.4. The Hall–Kier alpha value is -2.63. The molecule has 102 valence electrons. The molecular weight excluding hydrogens is 256 g/mol. The predicted octanol–water partition coefficient (Wildman–Crippen LogP) is 1.91. The summed E-state index contributed by atoms with van der Waals surface area (Å²) in [7, 11) is 0. The van der Waals surface area contributed by atoms with Crippen LogP contribution < -0.4 is 5.56 Å². The summed E-state index contributed by atoms with van der Waals surface area (Å²) in [4.78, 5) is 19.1. The Morgan fingerprint density at radius 2 is 2.15 bits per heavy atom. The van der Waals surface area contributed by atoms with E-state index in [-0.39, 0.29) is 17.4 Å². The van der Waals surface area contributed by atoms with Gasteiger partial charge in [-0.25, -0.2) is 0 Å². The third-order valence-corrected chi connectivity index (χ3v) is 3.21. The molecule has 3 aromatic heterocycles. The fraction of sp³-hybridized carbons (Fsp3) is 0.214. The van der Waals surface area contributed by atoms with Gasteiger partial charge in [-0.1, -0.05) is 19.9 Å². The SMILES string of the molecule is CC(C)c1c(O)n2ncc(-c3ccccn3)c2[nH]c1=O. The molecule has 3 heterocycles. The summed E-state index contributed by atoms with van der Waals surface area (Å²) < 4.78 is 1.33. The third-order valence-electron chi connectivity index (χ3n) is 3.21. The number of hydrogen-bond acceptors (Lipinski definition) is 4. The molecule has 0 radical (unpaired) electrons. The lowest BCUT2D eigenvalue weighted by Crippen LogP contribution is -2.17. The Morgan fingerprint density at radius 3 is 2.80 bits per heavy atom. The molecular formula is C14H14N4O2. The fourth-order valence-corrected chi connectivity index (χ4v) is 2.25. The number of rotatable bonds is 2. The van der Waals surface area contributed by atoms with Crippen LogP contribution in [0.5, 0.6) is 5.88 Å². The maximum atomic E-state index is 12.1. The molecule has 0 bridgehead atoms. The normalized spacial score (nSPS) is 11.3. The van der Waals surface area contributed by atoms with Gasteiger partial charge in [0.1, 0.15) is 5.65 Å². The van der Waals surface area contributed by atoms with Gasteiger partial charge in [0, 0.05) is 6.20 Å². The monoisotopic (exact) mass is 270 g/mol. The average molecular weight is 270 g/mol. The van der Waals surface area contributed by atoms with Crippen LogP contribution in [0, 0.1) is 0 Å². The summed E-state index contributed by atoms with van der Waals surface area (Å²) in [5.74, 6) is -0.216. The van der Waals surface area contributed by atoms with Crippen molar-refractivity contribution in [2.45, 2.75) is 19.8 Å². The Balaban J connectivity index is 2.33. The second-order valence-electron chi connectivity index (χ2n) is 4.88. The van der Waals surface area contributed by atoms with E-state index >= 15 is 0 Å². The van der Waals surface area contributed by atoms with Gasteiger partial charge in [-0.05, 0) is 18.1 Å². The van der Waals surface area contributed by atoms with Crippen molar-refractivity contribution in [2.24, 2.45) is 0 Å². The first-order chi connectivity index (χ1) is 9.59. The van der Waals surface area contributed by atoms with E-state index in [0.717, 1.165) is 0 Å². The molecule has 0 spiro atoms. The molecule has 0 atom stereocenters. The molecule has 0 unspecified atom stereocenters. The molecule has 3 rings (SSSR count). The lowest BCUT2D eigenvalue weighted by atomic mass is 10.1. The van der Waals surface area contributed by atoms with Gasteiger partial charge in [0.2, 0.25) is 5.88 Å². The number of aromatic amines is 1. The summed E-state index contributed by atoms with van der Waals surface area (Å²) in [6, 6.07) is 5.49. The van der Waals surface area contributed by atoms with Crippen LogP contribution in [0.15, 0.2) is 35.4 Å². The molecule has 0 aliphatic heterocycles. The topological polar surface area (TPSA) is 83.3 Å². The van der Waals surface area contributed by atoms with Gasteiger partial charge in [0.15, 0.2) is 0 Å². The predicted molar refractivity (Wildman–Crippen MR) is 74.8 cm³/mol. The zero-order valence-corrected chi connectivity index (χ0v) is 11.2. The van der Waals surface area contributed by atoms with Crippen LogP contribution >= 0.6 is 0 Å². The molecule has 0 aromatic carbocycles. The van der Waals surface area contributed by atoms with Gasteiger partial charge in [-0.15, -0.1) is 0 Å². The zero-order valence-electron chi connectivity index (χ0n) is 11.2. The van der Waals surface area contributed by atoms with E-state index in [1.807, 2.05) is 32.0 Å². The van der Waals surface area contributed by atoms with Crippen LogP contribution in [0.4, 0.5) is 0 Å². The maximum absolute atomic E-state index is 12.1. The molecule has 0 saturated heterocycles. The van der Waals surface area contributed by atoms with Crippen LogP contribution in [0.1, 0.15) is 25.3 Å². The van der Waals surface area contributed by atoms with Gasteiger partial charge in [0.25, 0.3) is 5.56 Å². The number of hydrogen-bond donors (Lipinski definition) is 2. The quantitative estimate of drug-likeness (QED) is 0.745. The van der Waals surface area contributed by atoms with Crippen molar-refractivity contribution in [2.75, 3.05) is 0 Å². The van der Waals surface area contributed by atoms with E-state index in [2.05, 4.69) is 15.1 Å². The Morgan fingerprint density at radius 1 is 1.35 bits per heavy atom. The summed E-state index contributed by atoms with van der Waals surface area (Å²) in [6.07, 6.45) is 3.25. The molecule has 2 N–H and O–H groups in total. The van der Waals surface area contributed by atoms with Crippen molar-refractivity contribution < 1.29 is 5.11 Å². The summed E-state index contributed by atoms with van der Waals surface area (Å²) in [5.41, 5.74) is 1.83. The van der Waals surface area contributed by atoms with E-state index in [9.17, 15) is 9.90 Å². The Kier molecular flexibility index (Phi) is 2.78. The summed E-state index contributed by atoms with van der Waals surface area (Å²) >= 11 is 0. The number of nitrogens with one attached hydrogen (secondary N) is 1. The van der Waals surface area contributed by atoms with Gasteiger partial charge in [-0.3, -0.25) is 9.78 Å². The Labute approximate surface area is 114 Å². The number of pyridine rings is 1. The van der Waals surface area contributed by atoms with Crippen LogP contribution in [-0.4, -0.2) is 24.7 Å². The standard InChI is InChI=1S/C14H14N4O2/c1-8(2)11-13(19)17-12-9(7-16-18(12)14(11)20)10-5-3-4-6-15-10/h3-8,20H,1-2H3,(H,17,19). The lowest BCUT2D eigenvalue weighted by Gasteiger charge is -2.08. The van der Waals surface area contributed by atoms with Crippen molar-refractivity contribution >= 4 is 5.65 Å². The van der Waals surface area contributed by atoms with E-state index in [1.54, 1.807) is 12.4 Å². The minimum atomic E-state index is -0.303. The van der Waals surface area contributed by atoms with Crippen molar-refractivity contribution in [1.82, 2.24) is 19.6 Å². The minimum absolute atomic E-state index is 0.0920. The molecule has 0 fully saturated rings. The number of H-pyrrole nitrogens is 1. The minimum Gasteiger partial charge on any atom is -0.493 e. The van der Waals surface area contributed by atoms with E-state index < -0.39 is 0 Å². The highest BCUT2D eigenvalue weighted by Crippen LogP contribution is 2.26. The van der Waals surface area contributed by atoms with Gasteiger partial charge < -0.3 is 10.1 Å². The van der Waals surface area contributed by atoms with Crippen molar-refractivity contribution in [3.63, 3.8) is 0 Å². The lowest BCUT2D eigenvalue weighted by molar-refractivity contribution is 0.423. The van der Waals surface area contributed by atoms with Crippen molar-refractivity contribution in [3.8, 4) is 17.1 Å². The van der Waals surface area contributed by atoms with E-state index in [4.69, 9.17) is 0 Å². The summed E-state index contributed by atoms with van der Waals surface area (Å²) in [5, 5.41) is 14.4. The summed E-state index contributed by atoms with van der Waals surface area (Å²) in [6.45, 7) is 3.69. The number of nitrogens with zero attached hydrogens (tertiary/aromatic N) is 3. The molecule has 0 aliphatic carbocycles.